The number of hydrogen-bond donors (Lipinski definition) is 2. The van der Waals surface area contributed by atoms with E-state index >= 15 is 0 Å². The SMILES string of the molecule is CNCC(C)c1ccc(O)c(OC)c1. The lowest BCUT2D eigenvalue weighted by molar-refractivity contribution is 0.372. The largest absolute Gasteiger partial charge is 0.504 e. The highest BCUT2D eigenvalue weighted by Gasteiger charge is 2.07. The van der Waals surface area contributed by atoms with Crippen LogP contribution in [0.25, 0.3) is 0 Å². The van der Waals surface area contributed by atoms with Gasteiger partial charge in [0, 0.05) is 6.54 Å². The summed E-state index contributed by atoms with van der Waals surface area (Å²) < 4.78 is 5.04. The molecule has 14 heavy (non-hydrogen) atoms. The van der Waals surface area contributed by atoms with Crippen molar-refractivity contribution in [2.45, 2.75) is 12.8 Å². The molecule has 1 rings (SSSR count). The third kappa shape index (κ3) is 2.39. The zero-order valence-electron chi connectivity index (χ0n) is 8.87. The topological polar surface area (TPSA) is 41.5 Å². The fraction of sp³-hybridized carbons (Fsp3) is 0.455. The number of aromatic hydroxyl groups is 1. The molecule has 0 aliphatic rings. The van der Waals surface area contributed by atoms with Crippen LogP contribution in [-0.2, 0) is 0 Å². The molecule has 0 saturated carbocycles. The van der Waals surface area contributed by atoms with E-state index in [1.807, 2.05) is 19.2 Å². The Kier molecular flexibility index (Phi) is 3.77. The molecule has 3 heteroatoms. The van der Waals surface area contributed by atoms with Crippen molar-refractivity contribution in [3.8, 4) is 11.5 Å². The van der Waals surface area contributed by atoms with Gasteiger partial charge < -0.3 is 15.2 Å². The van der Waals surface area contributed by atoms with Crippen LogP contribution in [0.15, 0.2) is 18.2 Å². The Balaban J connectivity index is 2.88. The molecule has 0 aliphatic carbocycles. The zero-order chi connectivity index (χ0) is 10.6. The van der Waals surface area contributed by atoms with E-state index in [0.717, 1.165) is 12.1 Å². The lowest BCUT2D eigenvalue weighted by Crippen LogP contribution is -2.14. The summed E-state index contributed by atoms with van der Waals surface area (Å²) in [6.45, 7) is 3.04. The van der Waals surface area contributed by atoms with Crippen molar-refractivity contribution < 1.29 is 9.84 Å². The molecule has 0 fully saturated rings. The Morgan fingerprint density at radius 1 is 1.50 bits per heavy atom. The van der Waals surface area contributed by atoms with Gasteiger partial charge in [0.15, 0.2) is 11.5 Å². The highest BCUT2D eigenvalue weighted by atomic mass is 16.5. The maximum atomic E-state index is 9.41. The Hall–Kier alpha value is -1.22. The molecule has 0 spiro atoms. The minimum Gasteiger partial charge on any atom is -0.504 e. The van der Waals surface area contributed by atoms with Crippen molar-refractivity contribution in [3.63, 3.8) is 0 Å². The van der Waals surface area contributed by atoms with Crippen molar-refractivity contribution in [3.05, 3.63) is 23.8 Å². The molecular formula is C11H17NO2. The van der Waals surface area contributed by atoms with Crippen molar-refractivity contribution in [1.29, 1.82) is 0 Å². The lowest BCUT2D eigenvalue weighted by Gasteiger charge is -2.12. The number of rotatable bonds is 4. The molecule has 2 N–H and O–H groups in total. The number of ether oxygens (including phenoxy) is 1. The number of nitrogens with one attached hydrogen (secondary N) is 1. The van der Waals surface area contributed by atoms with Crippen LogP contribution in [0.1, 0.15) is 18.4 Å². The maximum absolute atomic E-state index is 9.41. The van der Waals surface area contributed by atoms with Crippen LogP contribution in [0.3, 0.4) is 0 Å². The normalized spacial score (nSPS) is 12.5. The third-order valence-corrected chi connectivity index (χ3v) is 2.28. The fourth-order valence-electron chi connectivity index (χ4n) is 1.42. The highest BCUT2D eigenvalue weighted by molar-refractivity contribution is 5.42. The van der Waals surface area contributed by atoms with Gasteiger partial charge in [0.2, 0.25) is 0 Å². The number of likely N-dealkylation sites (N-methyl/N-ethyl adjacent to an activating group) is 1. The van der Waals surface area contributed by atoms with Gasteiger partial charge in [-0.1, -0.05) is 13.0 Å². The van der Waals surface area contributed by atoms with E-state index in [1.165, 1.54) is 0 Å². The Labute approximate surface area is 84.7 Å². The molecule has 78 valence electrons. The van der Waals surface area contributed by atoms with E-state index in [9.17, 15) is 5.11 Å². The Bertz CT molecular complexity index is 299. The van der Waals surface area contributed by atoms with E-state index < -0.39 is 0 Å². The van der Waals surface area contributed by atoms with Crippen molar-refractivity contribution >= 4 is 0 Å². The van der Waals surface area contributed by atoms with Crippen LogP contribution in [0.2, 0.25) is 0 Å². The predicted octanol–water partition coefficient (Wildman–Crippen LogP) is 1.72. The van der Waals surface area contributed by atoms with Crippen molar-refractivity contribution in [1.82, 2.24) is 5.32 Å². The maximum Gasteiger partial charge on any atom is 0.160 e. The van der Waals surface area contributed by atoms with E-state index in [0.29, 0.717) is 11.7 Å². The standard InChI is InChI=1S/C11H17NO2/c1-8(7-12-2)9-4-5-10(13)11(6-9)14-3/h4-6,8,12-13H,7H2,1-3H3. The highest BCUT2D eigenvalue weighted by Crippen LogP contribution is 2.29. The number of methoxy groups -OCH3 is 1. The van der Waals surface area contributed by atoms with Crippen LogP contribution in [0.5, 0.6) is 11.5 Å². The molecule has 1 atom stereocenters. The third-order valence-electron chi connectivity index (χ3n) is 2.28. The first kappa shape index (κ1) is 10.9. The summed E-state index contributed by atoms with van der Waals surface area (Å²) in [5, 5.41) is 12.5. The average molecular weight is 195 g/mol. The Morgan fingerprint density at radius 3 is 2.79 bits per heavy atom. The molecule has 0 aromatic heterocycles. The first-order chi connectivity index (χ1) is 6.69. The summed E-state index contributed by atoms with van der Waals surface area (Å²) in [5.74, 6) is 1.13. The fourth-order valence-corrected chi connectivity index (χ4v) is 1.42. The lowest BCUT2D eigenvalue weighted by atomic mass is 10.0. The molecular weight excluding hydrogens is 178 g/mol. The minimum absolute atomic E-state index is 0.188. The van der Waals surface area contributed by atoms with Gasteiger partial charge in [-0.25, -0.2) is 0 Å². The van der Waals surface area contributed by atoms with Gasteiger partial charge in [0.05, 0.1) is 7.11 Å². The summed E-state index contributed by atoms with van der Waals surface area (Å²) in [5.41, 5.74) is 1.16. The molecule has 0 aliphatic heterocycles. The van der Waals surface area contributed by atoms with Gasteiger partial charge in [-0.3, -0.25) is 0 Å². The minimum atomic E-state index is 0.188. The molecule has 1 aromatic rings. The zero-order valence-corrected chi connectivity index (χ0v) is 8.87. The van der Waals surface area contributed by atoms with Gasteiger partial charge in [-0.2, -0.15) is 0 Å². The first-order valence-electron chi connectivity index (χ1n) is 4.70. The van der Waals surface area contributed by atoms with Gasteiger partial charge in [-0.05, 0) is 30.7 Å². The van der Waals surface area contributed by atoms with Gasteiger partial charge in [0.25, 0.3) is 0 Å². The molecule has 0 radical (unpaired) electrons. The molecule has 1 aromatic carbocycles. The number of hydrogen-bond acceptors (Lipinski definition) is 3. The average Bonchev–Trinajstić information content (AvgIpc) is 2.19. The van der Waals surface area contributed by atoms with E-state index in [4.69, 9.17) is 4.74 Å². The second-order valence-corrected chi connectivity index (χ2v) is 3.39. The molecule has 0 bridgehead atoms. The van der Waals surface area contributed by atoms with E-state index in [2.05, 4.69) is 12.2 Å². The van der Waals surface area contributed by atoms with Gasteiger partial charge >= 0.3 is 0 Å². The van der Waals surface area contributed by atoms with Crippen molar-refractivity contribution in [2.24, 2.45) is 0 Å². The smallest absolute Gasteiger partial charge is 0.160 e. The quantitative estimate of drug-likeness (QED) is 0.768. The Morgan fingerprint density at radius 2 is 2.21 bits per heavy atom. The van der Waals surface area contributed by atoms with Crippen molar-refractivity contribution in [2.75, 3.05) is 20.7 Å². The number of phenolic OH excluding ortho intramolecular Hbond substituents is 1. The summed E-state index contributed by atoms with van der Waals surface area (Å²) in [6.07, 6.45) is 0. The van der Waals surface area contributed by atoms with E-state index in [1.54, 1.807) is 13.2 Å². The summed E-state index contributed by atoms with van der Waals surface area (Å²) in [4.78, 5) is 0. The van der Waals surface area contributed by atoms with Crippen LogP contribution in [-0.4, -0.2) is 25.8 Å². The monoisotopic (exact) mass is 195 g/mol. The van der Waals surface area contributed by atoms with Crippen LogP contribution in [0, 0.1) is 0 Å². The summed E-state index contributed by atoms with van der Waals surface area (Å²) in [7, 11) is 3.48. The van der Waals surface area contributed by atoms with Crippen LogP contribution in [0.4, 0.5) is 0 Å². The molecule has 0 amide bonds. The number of phenols is 1. The van der Waals surface area contributed by atoms with Gasteiger partial charge in [-0.15, -0.1) is 0 Å². The predicted molar refractivity (Wildman–Crippen MR) is 57.0 cm³/mol. The molecule has 0 saturated heterocycles. The van der Waals surface area contributed by atoms with Crippen LogP contribution >= 0.6 is 0 Å². The van der Waals surface area contributed by atoms with Crippen LogP contribution < -0.4 is 10.1 Å². The number of benzene rings is 1. The van der Waals surface area contributed by atoms with Gasteiger partial charge in [0.1, 0.15) is 0 Å². The molecule has 3 nitrogen and oxygen atoms in total. The first-order valence-corrected chi connectivity index (χ1v) is 4.70. The van der Waals surface area contributed by atoms with E-state index in [-0.39, 0.29) is 5.75 Å². The summed E-state index contributed by atoms with van der Waals surface area (Å²) >= 11 is 0. The summed E-state index contributed by atoms with van der Waals surface area (Å²) in [6, 6.07) is 5.46. The second-order valence-electron chi connectivity index (χ2n) is 3.39. The second kappa shape index (κ2) is 4.86. The molecule has 0 heterocycles. The molecule has 1 unspecified atom stereocenters.